The molecule has 2 N–H and O–H groups in total. The lowest BCUT2D eigenvalue weighted by Gasteiger charge is -2.25. The Morgan fingerprint density at radius 1 is 1.59 bits per heavy atom. The van der Waals surface area contributed by atoms with Crippen LogP contribution in [0.15, 0.2) is 6.20 Å². The molecule has 1 aliphatic rings. The normalized spacial score (nSPS) is 19.6. The average molecular weight is 237 g/mol. The Balaban J connectivity index is 1.88. The highest BCUT2D eigenvalue weighted by Gasteiger charge is 2.23. The Kier molecular flexibility index (Phi) is 3.09. The second-order valence-electron chi connectivity index (χ2n) is 5.46. The van der Waals surface area contributed by atoms with Crippen LogP contribution >= 0.6 is 0 Å². The first-order valence-electron chi connectivity index (χ1n) is 5.95. The van der Waals surface area contributed by atoms with Crippen LogP contribution in [0.3, 0.4) is 0 Å². The van der Waals surface area contributed by atoms with Crippen molar-refractivity contribution in [2.24, 2.45) is 0 Å². The van der Waals surface area contributed by atoms with Crippen LogP contribution in [0.25, 0.3) is 0 Å². The zero-order valence-corrected chi connectivity index (χ0v) is 10.5. The van der Waals surface area contributed by atoms with Gasteiger partial charge in [0.15, 0.2) is 0 Å². The molecule has 5 heteroatoms. The number of aryl methyl sites for hydroxylation is 1. The average Bonchev–Trinajstić information content (AvgIpc) is 2.61. The minimum Gasteiger partial charge on any atom is -0.444 e. The van der Waals surface area contributed by atoms with E-state index in [0.29, 0.717) is 0 Å². The van der Waals surface area contributed by atoms with Crippen molar-refractivity contribution in [1.29, 1.82) is 0 Å². The van der Waals surface area contributed by atoms with Crippen LogP contribution in [0.5, 0.6) is 0 Å². The summed E-state index contributed by atoms with van der Waals surface area (Å²) in [6.07, 6.45) is 4.17. The number of hydrogen-bond donors (Lipinski definition) is 2. The van der Waals surface area contributed by atoms with Gasteiger partial charge in [0, 0.05) is 11.7 Å². The largest absolute Gasteiger partial charge is 0.444 e. The predicted octanol–water partition coefficient (Wildman–Crippen LogP) is 1.79. The molecular weight excluding hydrogens is 218 g/mol. The monoisotopic (exact) mass is 237 g/mol. The van der Waals surface area contributed by atoms with Crippen LogP contribution in [-0.2, 0) is 17.6 Å². The Hall–Kier alpha value is -1.52. The van der Waals surface area contributed by atoms with Crippen LogP contribution in [0.4, 0.5) is 4.79 Å². The maximum Gasteiger partial charge on any atom is 0.407 e. The third kappa shape index (κ3) is 3.22. The van der Waals surface area contributed by atoms with Crippen molar-refractivity contribution < 1.29 is 9.53 Å². The van der Waals surface area contributed by atoms with Gasteiger partial charge in [0.25, 0.3) is 0 Å². The minimum atomic E-state index is -0.445. The highest BCUT2D eigenvalue weighted by atomic mass is 16.6. The molecule has 0 fully saturated rings. The maximum absolute atomic E-state index is 11.6. The lowest BCUT2D eigenvalue weighted by atomic mass is 9.94. The SMILES string of the molecule is CC(C)(C)OC(=O)N[C@@H]1CCc2[nH]ncc2C1. The molecule has 1 atom stereocenters. The van der Waals surface area contributed by atoms with Gasteiger partial charge in [0.1, 0.15) is 5.60 Å². The van der Waals surface area contributed by atoms with Gasteiger partial charge < -0.3 is 10.1 Å². The summed E-state index contributed by atoms with van der Waals surface area (Å²) in [4.78, 5) is 11.6. The van der Waals surface area contributed by atoms with Gasteiger partial charge in [-0.1, -0.05) is 0 Å². The Bertz CT molecular complexity index is 406. The Labute approximate surface area is 101 Å². The molecule has 0 aromatic carbocycles. The summed E-state index contributed by atoms with van der Waals surface area (Å²) >= 11 is 0. The van der Waals surface area contributed by atoms with Gasteiger partial charge in [-0.15, -0.1) is 0 Å². The summed E-state index contributed by atoms with van der Waals surface area (Å²) in [5.74, 6) is 0. The highest BCUT2D eigenvalue weighted by molar-refractivity contribution is 5.68. The summed E-state index contributed by atoms with van der Waals surface area (Å²) in [5.41, 5.74) is 1.93. The third-order valence-corrected chi connectivity index (χ3v) is 2.74. The molecule has 1 aromatic rings. The predicted molar refractivity (Wildman–Crippen MR) is 63.8 cm³/mol. The van der Waals surface area contributed by atoms with Crippen LogP contribution in [0, 0.1) is 0 Å². The number of aromatic amines is 1. The second kappa shape index (κ2) is 4.39. The highest BCUT2D eigenvalue weighted by Crippen LogP contribution is 2.19. The number of carbonyl (C=O) groups is 1. The number of hydrogen-bond acceptors (Lipinski definition) is 3. The maximum atomic E-state index is 11.6. The third-order valence-electron chi connectivity index (χ3n) is 2.74. The fraction of sp³-hybridized carbons (Fsp3) is 0.667. The first kappa shape index (κ1) is 12.0. The summed E-state index contributed by atoms with van der Waals surface area (Å²) in [6, 6.07) is 0.148. The summed E-state index contributed by atoms with van der Waals surface area (Å²) in [6.45, 7) is 5.59. The van der Waals surface area contributed by atoms with E-state index in [2.05, 4.69) is 15.5 Å². The molecule has 1 amide bonds. The smallest absolute Gasteiger partial charge is 0.407 e. The fourth-order valence-corrected chi connectivity index (χ4v) is 2.01. The van der Waals surface area contributed by atoms with Gasteiger partial charge in [-0.05, 0) is 45.6 Å². The molecule has 1 aliphatic carbocycles. The number of fused-ring (bicyclic) bond motifs is 1. The number of nitrogens with zero attached hydrogens (tertiary/aromatic N) is 1. The lowest BCUT2D eigenvalue weighted by Crippen LogP contribution is -2.41. The second-order valence-corrected chi connectivity index (χ2v) is 5.46. The zero-order chi connectivity index (χ0) is 12.5. The van der Waals surface area contributed by atoms with Crippen molar-refractivity contribution in [3.05, 3.63) is 17.5 Å². The van der Waals surface area contributed by atoms with E-state index in [1.165, 1.54) is 11.3 Å². The van der Waals surface area contributed by atoms with Crippen LogP contribution in [0.2, 0.25) is 0 Å². The van der Waals surface area contributed by atoms with Crippen molar-refractivity contribution in [2.75, 3.05) is 0 Å². The number of alkyl carbamates (subject to hydrolysis) is 1. The molecule has 0 bridgehead atoms. The van der Waals surface area contributed by atoms with E-state index in [1.807, 2.05) is 27.0 Å². The number of H-pyrrole nitrogens is 1. The standard InChI is InChI=1S/C12H19N3O2/c1-12(2,3)17-11(16)14-9-4-5-10-8(6-9)7-13-15-10/h7,9H,4-6H2,1-3H3,(H,13,15)(H,14,16)/t9-/m1/s1. The minimum absolute atomic E-state index is 0.148. The molecule has 1 aromatic heterocycles. The van der Waals surface area contributed by atoms with Crippen molar-refractivity contribution in [3.63, 3.8) is 0 Å². The van der Waals surface area contributed by atoms with E-state index in [9.17, 15) is 4.79 Å². The first-order valence-corrected chi connectivity index (χ1v) is 5.95. The summed E-state index contributed by atoms with van der Waals surface area (Å²) < 4.78 is 5.24. The van der Waals surface area contributed by atoms with Gasteiger partial charge in [-0.3, -0.25) is 5.10 Å². The van der Waals surface area contributed by atoms with E-state index in [4.69, 9.17) is 4.74 Å². The van der Waals surface area contributed by atoms with Crippen LogP contribution in [-0.4, -0.2) is 27.9 Å². The zero-order valence-electron chi connectivity index (χ0n) is 10.5. The number of nitrogens with one attached hydrogen (secondary N) is 2. The molecule has 2 rings (SSSR count). The number of aromatic nitrogens is 2. The van der Waals surface area contributed by atoms with Crippen molar-refractivity contribution in [1.82, 2.24) is 15.5 Å². The van der Waals surface area contributed by atoms with Crippen LogP contribution in [0.1, 0.15) is 38.4 Å². The molecule has 94 valence electrons. The van der Waals surface area contributed by atoms with Gasteiger partial charge in [-0.25, -0.2) is 4.79 Å². The van der Waals surface area contributed by atoms with E-state index in [0.717, 1.165) is 19.3 Å². The number of ether oxygens (including phenoxy) is 1. The van der Waals surface area contributed by atoms with E-state index < -0.39 is 5.60 Å². The quantitative estimate of drug-likeness (QED) is 0.782. The van der Waals surface area contributed by atoms with Gasteiger partial charge >= 0.3 is 6.09 Å². The number of rotatable bonds is 1. The molecule has 1 heterocycles. The van der Waals surface area contributed by atoms with Gasteiger partial charge in [-0.2, -0.15) is 5.10 Å². The fourth-order valence-electron chi connectivity index (χ4n) is 2.01. The molecule has 0 saturated heterocycles. The Morgan fingerprint density at radius 3 is 3.06 bits per heavy atom. The summed E-state index contributed by atoms with van der Waals surface area (Å²) in [7, 11) is 0. The van der Waals surface area contributed by atoms with Gasteiger partial charge in [0.05, 0.1) is 6.20 Å². The summed E-state index contributed by atoms with van der Waals surface area (Å²) in [5, 5.41) is 9.89. The molecular formula is C12H19N3O2. The molecule has 0 unspecified atom stereocenters. The van der Waals surface area contributed by atoms with Crippen molar-refractivity contribution in [3.8, 4) is 0 Å². The molecule has 0 spiro atoms. The molecule has 5 nitrogen and oxygen atoms in total. The number of carbonyl (C=O) groups excluding carboxylic acids is 1. The van der Waals surface area contributed by atoms with Crippen molar-refractivity contribution in [2.45, 2.75) is 51.7 Å². The van der Waals surface area contributed by atoms with E-state index in [-0.39, 0.29) is 12.1 Å². The Morgan fingerprint density at radius 2 is 2.35 bits per heavy atom. The number of amides is 1. The first-order chi connectivity index (χ1) is 7.94. The van der Waals surface area contributed by atoms with Crippen LogP contribution < -0.4 is 5.32 Å². The topological polar surface area (TPSA) is 67.0 Å². The van der Waals surface area contributed by atoms with Gasteiger partial charge in [0.2, 0.25) is 0 Å². The molecule has 17 heavy (non-hydrogen) atoms. The molecule has 0 radical (unpaired) electrons. The lowest BCUT2D eigenvalue weighted by molar-refractivity contribution is 0.0500. The molecule has 0 saturated carbocycles. The molecule has 0 aliphatic heterocycles. The van der Waals surface area contributed by atoms with Crippen molar-refractivity contribution >= 4 is 6.09 Å². The van der Waals surface area contributed by atoms with E-state index in [1.54, 1.807) is 0 Å². The van der Waals surface area contributed by atoms with E-state index >= 15 is 0 Å².